The Balaban J connectivity index is 2.40. The van der Waals surface area contributed by atoms with Crippen molar-refractivity contribution in [2.24, 2.45) is 5.92 Å². The number of nitrogens with zero attached hydrogens (tertiary/aromatic N) is 1. The van der Waals surface area contributed by atoms with E-state index in [1.807, 2.05) is 0 Å². The molecule has 0 saturated carbocycles. The number of anilines is 1. The molecule has 106 valence electrons. The predicted molar refractivity (Wildman–Crippen MR) is 71.8 cm³/mol. The molecule has 1 aromatic rings. The number of nitro benzene ring substituents is 1. The summed E-state index contributed by atoms with van der Waals surface area (Å²) in [4.78, 5) is 10.2. The van der Waals surface area contributed by atoms with Crippen molar-refractivity contribution in [3.05, 3.63) is 34.1 Å². The maximum atomic E-state index is 13.0. The summed E-state index contributed by atoms with van der Waals surface area (Å²) in [5.74, 6) is 0.0751. The molecule has 0 amide bonds. The van der Waals surface area contributed by atoms with Gasteiger partial charge in [-0.3, -0.25) is 10.1 Å². The Labute approximate surface area is 111 Å². The van der Waals surface area contributed by atoms with Crippen LogP contribution < -0.4 is 5.32 Å². The van der Waals surface area contributed by atoms with Gasteiger partial charge >= 0.3 is 0 Å². The normalized spacial score (nSPS) is 10.7. The minimum atomic E-state index is -0.540. The molecule has 0 aliphatic rings. The van der Waals surface area contributed by atoms with E-state index in [0.29, 0.717) is 25.7 Å². The first kappa shape index (κ1) is 15.4. The highest BCUT2D eigenvalue weighted by Gasteiger charge is 2.13. The number of hydrogen-bond acceptors (Lipinski definition) is 4. The van der Waals surface area contributed by atoms with Gasteiger partial charge in [0.05, 0.1) is 11.5 Å². The largest absolute Gasteiger partial charge is 0.380 e. The Kier molecular flexibility index (Phi) is 6.21. The van der Waals surface area contributed by atoms with Gasteiger partial charge in [-0.25, -0.2) is 4.39 Å². The molecular formula is C13H19FN2O3. The van der Waals surface area contributed by atoms with E-state index in [0.717, 1.165) is 24.6 Å². The predicted octanol–water partition coefficient (Wildman–Crippen LogP) is 3.21. The third-order valence-electron chi connectivity index (χ3n) is 2.56. The quantitative estimate of drug-likeness (QED) is 0.447. The van der Waals surface area contributed by atoms with Gasteiger partial charge in [0.25, 0.3) is 5.69 Å². The first-order valence-corrected chi connectivity index (χ1v) is 6.26. The molecule has 0 atom stereocenters. The van der Waals surface area contributed by atoms with E-state index in [2.05, 4.69) is 19.2 Å². The van der Waals surface area contributed by atoms with Crippen molar-refractivity contribution in [1.29, 1.82) is 0 Å². The van der Waals surface area contributed by atoms with Gasteiger partial charge in [0.2, 0.25) is 0 Å². The molecule has 1 aromatic carbocycles. The maximum absolute atomic E-state index is 13.0. The molecule has 0 spiro atoms. The van der Waals surface area contributed by atoms with Crippen LogP contribution in [0.15, 0.2) is 18.2 Å². The van der Waals surface area contributed by atoms with E-state index in [1.54, 1.807) is 0 Å². The van der Waals surface area contributed by atoms with Crippen LogP contribution >= 0.6 is 0 Å². The molecule has 0 heterocycles. The van der Waals surface area contributed by atoms with Gasteiger partial charge in [0, 0.05) is 25.3 Å². The number of hydrogen-bond donors (Lipinski definition) is 1. The van der Waals surface area contributed by atoms with Gasteiger partial charge in [-0.1, -0.05) is 13.8 Å². The highest BCUT2D eigenvalue weighted by atomic mass is 19.1. The SMILES string of the molecule is CC(C)CCOCCNc1cc(F)ccc1[N+](=O)[O-]. The van der Waals surface area contributed by atoms with Gasteiger partial charge < -0.3 is 10.1 Å². The molecular weight excluding hydrogens is 251 g/mol. The van der Waals surface area contributed by atoms with Gasteiger partial charge in [-0.05, 0) is 18.4 Å². The Morgan fingerprint density at radius 2 is 2.16 bits per heavy atom. The lowest BCUT2D eigenvalue weighted by molar-refractivity contribution is -0.384. The molecule has 0 aromatic heterocycles. The summed E-state index contributed by atoms with van der Waals surface area (Å²) < 4.78 is 18.4. The molecule has 0 fully saturated rings. The van der Waals surface area contributed by atoms with Crippen LogP contribution in [0.1, 0.15) is 20.3 Å². The van der Waals surface area contributed by atoms with Gasteiger partial charge in [-0.2, -0.15) is 0 Å². The first-order chi connectivity index (χ1) is 9.00. The molecule has 0 saturated heterocycles. The minimum Gasteiger partial charge on any atom is -0.380 e. The van der Waals surface area contributed by atoms with Crippen LogP contribution in [0, 0.1) is 21.8 Å². The van der Waals surface area contributed by atoms with Crippen molar-refractivity contribution in [2.75, 3.05) is 25.1 Å². The van der Waals surface area contributed by atoms with Crippen molar-refractivity contribution in [3.8, 4) is 0 Å². The highest BCUT2D eigenvalue weighted by molar-refractivity contribution is 5.61. The lowest BCUT2D eigenvalue weighted by atomic mass is 10.1. The highest BCUT2D eigenvalue weighted by Crippen LogP contribution is 2.24. The van der Waals surface area contributed by atoms with Crippen LogP contribution in [-0.2, 0) is 4.74 Å². The van der Waals surface area contributed by atoms with Crippen molar-refractivity contribution in [2.45, 2.75) is 20.3 Å². The smallest absolute Gasteiger partial charge is 0.292 e. The minimum absolute atomic E-state index is 0.136. The van der Waals surface area contributed by atoms with Crippen LogP contribution in [0.2, 0.25) is 0 Å². The molecule has 0 radical (unpaired) electrons. The molecule has 5 nitrogen and oxygen atoms in total. The summed E-state index contributed by atoms with van der Waals surface area (Å²) in [6, 6.07) is 3.34. The van der Waals surface area contributed by atoms with Crippen molar-refractivity contribution in [3.63, 3.8) is 0 Å². The molecule has 19 heavy (non-hydrogen) atoms. The van der Waals surface area contributed by atoms with Gasteiger partial charge in [-0.15, -0.1) is 0 Å². The standard InChI is InChI=1S/C13H19FN2O3/c1-10(2)5-7-19-8-6-15-12-9-11(14)3-4-13(12)16(17)18/h3-4,9-10,15H,5-8H2,1-2H3. The third-order valence-corrected chi connectivity index (χ3v) is 2.56. The Bertz CT molecular complexity index is 424. The number of benzene rings is 1. The maximum Gasteiger partial charge on any atom is 0.292 e. The zero-order chi connectivity index (χ0) is 14.3. The van der Waals surface area contributed by atoms with E-state index < -0.39 is 10.7 Å². The Hall–Kier alpha value is -1.69. The van der Waals surface area contributed by atoms with E-state index >= 15 is 0 Å². The molecule has 1 rings (SSSR count). The lowest BCUT2D eigenvalue weighted by Gasteiger charge is -2.09. The molecule has 6 heteroatoms. The second-order valence-electron chi connectivity index (χ2n) is 4.64. The fourth-order valence-corrected chi connectivity index (χ4v) is 1.49. The molecule has 1 N–H and O–H groups in total. The van der Waals surface area contributed by atoms with E-state index in [4.69, 9.17) is 4.74 Å². The second kappa shape index (κ2) is 7.68. The van der Waals surface area contributed by atoms with Gasteiger partial charge in [0.1, 0.15) is 11.5 Å². The number of halogens is 1. The van der Waals surface area contributed by atoms with Crippen molar-refractivity contribution < 1.29 is 14.1 Å². The van der Waals surface area contributed by atoms with Crippen LogP contribution in [0.3, 0.4) is 0 Å². The second-order valence-corrected chi connectivity index (χ2v) is 4.64. The van der Waals surface area contributed by atoms with E-state index in [1.165, 1.54) is 0 Å². The van der Waals surface area contributed by atoms with Crippen molar-refractivity contribution in [1.82, 2.24) is 0 Å². The Morgan fingerprint density at radius 1 is 1.42 bits per heavy atom. The third kappa shape index (κ3) is 5.65. The zero-order valence-corrected chi connectivity index (χ0v) is 11.2. The van der Waals surface area contributed by atoms with Crippen LogP contribution in [0.5, 0.6) is 0 Å². The van der Waals surface area contributed by atoms with Crippen LogP contribution in [0.25, 0.3) is 0 Å². The van der Waals surface area contributed by atoms with E-state index in [9.17, 15) is 14.5 Å². The number of ether oxygens (including phenoxy) is 1. The number of rotatable bonds is 8. The van der Waals surface area contributed by atoms with Crippen LogP contribution in [0.4, 0.5) is 15.8 Å². The van der Waals surface area contributed by atoms with Crippen molar-refractivity contribution >= 4 is 11.4 Å². The molecule has 0 unspecified atom stereocenters. The number of nitrogens with one attached hydrogen (secondary N) is 1. The molecule has 0 aliphatic carbocycles. The first-order valence-electron chi connectivity index (χ1n) is 6.26. The fourth-order valence-electron chi connectivity index (χ4n) is 1.49. The molecule has 0 aliphatic heterocycles. The summed E-state index contributed by atoms with van der Waals surface area (Å²) in [7, 11) is 0. The monoisotopic (exact) mass is 270 g/mol. The average Bonchev–Trinajstić information content (AvgIpc) is 2.33. The average molecular weight is 270 g/mol. The number of nitro groups is 1. The lowest BCUT2D eigenvalue weighted by Crippen LogP contribution is -2.12. The summed E-state index contributed by atoms with van der Waals surface area (Å²) >= 11 is 0. The summed E-state index contributed by atoms with van der Waals surface area (Å²) in [6.45, 7) is 5.71. The van der Waals surface area contributed by atoms with E-state index in [-0.39, 0.29) is 11.4 Å². The topological polar surface area (TPSA) is 64.4 Å². The Morgan fingerprint density at radius 3 is 2.79 bits per heavy atom. The summed E-state index contributed by atoms with van der Waals surface area (Å²) in [5.41, 5.74) is 0.0426. The van der Waals surface area contributed by atoms with Gasteiger partial charge in [0.15, 0.2) is 0 Å². The molecule has 0 bridgehead atoms. The summed E-state index contributed by atoms with van der Waals surface area (Å²) in [6.07, 6.45) is 0.972. The fraction of sp³-hybridized carbons (Fsp3) is 0.538. The zero-order valence-electron chi connectivity index (χ0n) is 11.2. The van der Waals surface area contributed by atoms with Crippen LogP contribution in [-0.4, -0.2) is 24.7 Å². The summed E-state index contributed by atoms with van der Waals surface area (Å²) in [5, 5.41) is 13.6.